The molecule has 4 nitrogen and oxygen atoms in total. The van der Waals surface area contributed by atoms with Gasteiger partial charge in [0, 0.05) is 17.5 Å². The second-order valence-electron chi connectivity index (χ2n) is 3.10. The Morgan fingerprint density at radius 1 is 1.50 bits per heavy atom. The van der Waals surface area contributed by atoms with Gasteiger partial charge in [-0.2, -0.15) is 0 Å². The van der Waals surface area contributed by atoms with E-state index in [0.717, 1.165) is 6.29 Å². The van der Waals surface area contributed by atoms with E-state index in [1.165, 1.54) is 11.8 Å². The first-order valence-electron chi connectivity index (χ1n) is 4.48. The molecule has 0 atom stereocenters. The third-order valence-electron chi connectivity index (χ3n) is 1.99. The van der Waals surface area contributed by atoms with E-state index in [4.69, 9.17) is 11.6 Å². The highest BCUT2D eigenvalue weighted by Gasteiger charge is 2.11. The van der Waals surface area contributed by atoms with Crippen LogP contribution in [0.3, 0.4) is 0 Å². The first kappa shape index (κ1) is 11.2. The standard InChI is InChI=1S/C10H8ClN3OS/c1-14-6-12-13-10(14)16-9-7(5-15)3-2-4-8(9)11/h2-6H,1H3. The number of aldehydes is 1. The Balaban J connectivity index is 2.41. The number of hydrogen-bond donors (Lipinski definition) is 0. The number of carbonyl (C=O) groups is 1. The molecule has 0 saturated heterocycles. The topological polar surface area (TPSA) is 47.8 Å². The molecule has 0 aliphatic carbocycles. The molecular formula is C10H8ClN3OS. The van der Waals surface area contributed by atoms with Crippen molar-refractivity contribution >= 4 is 29.6 Å². The maximum Gasteiger partial charge on any atom is 0.195 e. The van der Waals surface area contributed by atoms with Gasteiger partial charge in [0.2, 0.25) is 0 Å². The van der Waals surface area contributed by atoms with Crippen LogP contribution in [0.2, 0.25) is 5.02 Å². The van der Waals surface area contributed by atoms with Gasteiger partial charge in [-0.25, -0.2) is 0 Å². The summed E-state index contributed by atoms with van der Waals surface area (Å²) in [6, 6.07) is 5.21. The summed E-state index contributed by atoms with van der Waals surface area (Å²) in [7, 11) is 1.83. The maximum atomic E-state index is 10.9. The van der Waals surface area contributed by atoms with Crippen LogP contribution in [0.1, 0.15) is 10.4 Å². The van der Waals surface area contributed by atoms with Crippen LogP contribution in [0.4, 0.5) is 0 Å². The average molecular weight is 254 g/mol. The number of aromatic nitrogens is 3. The molecule has 1 aromatic carbocycles. The molecule has 16 heavy (non-hydrogen) atoms. The molecule has 1 aromatic heterocycles. The summed E-state index contributed by atoms with van der Waals surface area (Å²) >= 11 is 7.37. The Bertz CT molecular complexity index is 527. The maximum absolute atomic E-state index is 10.9. The third-order valence-corrected chi connectivity index (χ3v) is 3.63. The van der Waals surface area contributed by atoms with Gasteiger partial charge in [-0.05, 0) is 17.8 Å². The monoisotopic (exact) mass is 253 g/mol. The van der Waals surface area contributed by atoms with Crippen LogP contribution in [0.5, 0.6) is 0 Å². The van der Waals surface area contributed by atoms with Gasteiger partial charge in [0.25, 0.3) is 0 Å². The molecule has 0 amide bonds. The average Bonchev–Trinajstić information content (AvgIpc) is 2.67. The molecule has 0 aliphatic rings. The molecule has 0 spiro atoms. The van der Waals surface area contributed by atoms with Crippen LogP contribution in [-0.2, 0) is 7.05 Å². The molecule has 0 aliphatic heterocycles. The Kier molecular flexibility index (Phi) is 3.26. The molecule has 82 valence electrons. The molecule has 0 bridgehead atoms. The Hall–Kier alpha value is -1.33. The van der Waals surface area contributed by atoms with E-state index in [-0.39, 0.29) is 0 Å². The summed E-state index contributed by atoms with van der Waals surface area (Å²) in [6.07, 6.45) is 2.38. The van der Waals surface area contributed by atoms with Crippen molar-refractivity contribution in [1.82, 2.24) is 14.8 Å². The SMILES string of the molecule is Cn1cnnc1Sc1c(Cl)cccc1C=O. The largest absolute Gasteiger partial charge is 0.311 e. The van der Waals surface area contributed by atoms with Gasteiger partial charge in [0.15, 0.2) is 11.4 Å². The molecule has 2 rings (SSSR count). The molecule has 0 radical (unpaired) electrons. The number of halogens is 1. The number of hydrogen-bond acceptors (Lipinski definition) is 4. The van der Waals surface area contributed by atoms with Crippen LogP contribution in [0, 0.1) is 0 Å². The quantitative estimate of drug-likeness (QED) is 0.789. The van der Waals surface area contributed by atoms with E-state index < -0.39 is 0 Å². The van der Waals surface area contributed by atoms with Crippen molar-refractivity contribution in [1.29, 1.82) is 0 Å². The van der Waals surface area contributed by atoms with E-state index in [0.29, 0.717) is 20.6 Å². The van der Waals surface area contributed by atoms with Crippen molar-refractivity contribution in [2.75, 3.05) is 0 Å². The summed E-state index contributed by atoms with van der Waals surface area (Å²) in [6.45, 7) is 0. The van der Waals surface area contributed by atoms with Crippen molar-refractivity contribution in [3.63, 3.8) is 0 Å². The van der Waals surface area contributed by atoms with Crippen LogP contribution in [0.15, 0.2) is 34.6 Å². The van der Waals surface area contributed by atoms with Crippen LogP contribution in [-0.4, -0.2) is 21.1 Å². The van der Waals surface area contributed by atoms with Gasteiger partial charge in [-0.1, -0.05) is 23.7 Å². The number of carbonyl (C=O) groups excluding carboxylic acids is 1. The molecule has 6 heteroatoms. The third kappa shape index (κ3) is 2.10. The lowest BCUT2D eigenvalue weighted by atomic mass is 10.2. The highest BCUT2D eigenvalue weighted by molar-refractivity contribution is 7.99. The molecule has 0 saturated carbocycles. The van der Waals surface area contributed by atoms with Gasteiger partial charge in [0.05, 0.1) is 5.02 Å². The van der Waals surface area contributed by atoms with Gasteiger partial charge in [-0.15, -0.1) is 10.2 Å². The number of nitrogens with zero attached hydrogens (tertiary/aromatic N) is 3. The Morgan fingerprint density at radius 3 is 2.94 bits per heavy atom. The van der Waals surface area contributed by atoms with Crippen LogP contribution < -0.4 is 0 Å². The van der Waals surface area contributed by atoms with E-state index in [9.17, 15) is 4.79 Å². The molecular weight excluding hydrogens is 246 g/mol. The lowest BCUT2D eigenvalue weighted by molar-refractivity contribution is 0.112. The van der Waals surface area contributed by atoms with Gasteiger partial charge in [0.1, 0.15) is 6.33 Å². The lowest BCUT2D eigenvalue weighted by Gasteiger charge is -2.05. The van der Waals surface area contributed by atoms with Crippen molar-refractivity contribution < 1.29 is 4.79 Å². The minimum atomic E-state index is 0.539. The summed E-state index contributed by atoms with van der Waals surface area (Å²) in [4.78, 5) is 11.6. The lowest BCUT2D eigenvalue weighted by Crippen LogP contribution is -1.91. The van der Waals surface area contributed by atoms with Crippen molar-refractivity contribution in [3.05, 3.63) is 35.1 Å². The summed E-state index contributed by atoms with van der Waals surface area (Å²) in [5.41, 5.74) is 0.556. The fourth-order valence-electron chi connectivity index (χ4n) is 1.18. The highest BCUT2D eigenvalue weighted by Crippen LogP contribution is 2.33. The van der Waals surface area contributed by atoms with Crippen LogP contribution >= 0.6 is 23.4 Å². The predicted molar refractivity (Wildman–Crippen MR) is 62.0 cm³/mol. The molecule has 0 unspecified atom stereocenters. The van der Waals surface area contributed by atoms with Crippen molar-refractivity contribution in [3.8, 4) is 0 Å². The van der Waals surface area contributed by atoms with E-state index >= 15 is 0 Å². The Morgan fingerprint density at radius 2 is 2.31 bits per heavy atom. The zero-order valence-electron chi connectivity index (χ0n) is 8.42. The van der Waals surface area contributed by atoms with Crippen molar-refractivity contribution in [2.24, 2.45) is 7.05 Å². The smallest absolute Gasteiger partial charge is 0.195 e. The molecule has 0 fully saturated rings. The first-order chi connectivity index (χ1) is 7.72. The minimum Gasteiger partial charge on any atom is -0.311 e. The van der Waals surface area contributed by atoms with Crippen LogP contribution in [0.25, 0.3) is 0 Å². The normalized spacial score (nSPS) is 10.4. The first-order valence-corrected chi connectivity index (χ1v) is 5.67. The second-order valence-corrected chi connectivity index (χ2v) is 4.49. The van der Waals surface area contributed by atoms with Gasteiger partial charge >= 0.3 is 0 Å². The zero-order chi connectivity index (χ0) is 11.5. The van der Waals surface area contributed by atoms with Gasteiger partial charge < -0.3 is 4.57 Å². The molecule has 2 aromatic rings. The summed E-state index contributed by atoms with van der Waals surface area (Å²) in [5.74, 6) is 0. The second kappa shape index (κ2) is 4.67. The Labute approximate surface area is 102 Å². The minimum absolute atomic E-state index is 0.539. The highest BCUT2D eigenvalue weighted by atomic mass is 35.5. The van der Waals surface area contributed by atoms with Crippen molar-refractivity contribution in [2.45, 2.75) is 10.1 Å². The number of rotatable bonds is 3. The van der Waals surface area contributed by atoms with Gasteiger partial charge in [-0.3, -0.25) is 4.79 Å². The van der Waals surface area contributed by atoms with E-state index in [2.05, 4.69) is 10.2 Å². The predicted octanol–water partition coefficient (Wildman–Crippen LogP) is 2.43. The van der Waals surface area contributed by atoms with E-state index in [1.54, 1.807) is 29.1 Å². The summed E-state index contributed by atoms with van der Waals surface area (Å²) in [5, 5.41) is 8.92. The zero-order valence-corrected chi connectivity index (χ0v) is 10.00. The fourth-order valence-corrected chi connectivity index (χ4v) is 2.34. The van der Waals surface area contributed by atoms with E-state index in [1.807, 2.05) is 7.05 Å². The summed E-state index contributed by atoms with van der Waals surface area (Å²) < 4.78 is 1.77. The molecule has 0 N–H and O–H groups in total. The number of aryl methyl sites for hydroxylation is 1. The molecule has 1 heterocycles. The fraction of sp³-hybridized carbons (Fsp3) is 0.100. The number of benzene rings is 1.